The molecule has 0 saturated carbocycles. The third-order valence-corrected chi connectivity index (χ3v) is 3.77. The van der Waals surface area contributed by atoms with Gasteiger partial charge in [0.2, 0.25) is 0 Å². The van der Waals surface area contributed by atoms with Crippen molar-refractivity contribution in [3.05, 3.63) is 65.9 Å². The highest BCUT2D eigenvalue weighted by molar-refractivity contribution is 5.85. The maximum absolute atomic E-state index is 3.61. The van der Waals surface area contributed by atoms with Gasteiger partial charge in [-0.3, -0.25) is 0 Å². The zero-order valence-corrected chi connectivity index (χ0v) is 11.2. The summed E-state index contributed by atoms with van der Waals surface area (Å²) in [6.45, 7) is 0. The molecule has 2 heterocycles. The zero-order valence-electron chi connectivity index (χ0n) is 10.4. The first-order chi connectivity index (χ1) is 8.92. The molecule has 0 spiro atoms. The highest BCUT2D eigenvalue weighted by Gasteiger charge is 2.23. The average Bonchev–Trinajstić information content (AvgIpc) is 3.02. The monoisotopic (exact) mass is 270 g/mol. The van der Waals surface area contributed by atoms with Crippen LogP contribution < -0.4 is 5.32 Å². The lowest BCUT2D eigenvalue weighted by molar-refractivity contribution is 0.832. The lowest BCUT2D eigenvalue weighted by Crippen LogP contribution is -2.04. The molecule has 2 N–H and O–H groups in total. The first-order valence-electron chi connectivity index (χ1n) is 6.32. The predicted octanol–water partition coefficient (Wildman–Crippen LogP) is 4.30. The fraction of sp³-hybridized carbons (Fsp3) is 0.125. The van der Waals surface area contributed by atoms with Gasteiger partial charge in [0.25, 0.3) is 0 Å². The topological polar surface area (TPSA) is 27.8 Å². The van der Waals surface area contributed by atoms with Gasteiger partial charge in [-0.05, 0) is 29.7 Å². The Morgan fingerprint density at radius 1 is 0.947 bits per heavy atom. The Kier molecular flexibility index (Phi) is 2.96. The summed E-state index contributed by atoms with van der Waals surface area (Å²) in [6.07, 6.45) is 3.20. The summed E-state index contributed by atoms with van der Waals surface area (Å²) in [5.74, 6) is 0. The van der Waals surface area contributed by atoms with Crippen molar-refractivity contribution in [2.45, 2.75) is 12.5 Å². The van der Waals surface area contributed by atoms with Crippen molar-refractivity contribution < 1.29 is 0 Å². The summed E-state index contributed by atoms with van der Waals surface area (Å²) in [5, 5.41) is 4.93. The van der Waals surface area contributed by atoms with E-state index in [9.17, 15) is 0 Å². The summed E-state index contributed by atoms with van der Waals surface area (Å²) in [6, 6.07) is 17.4. The number of para-hydroxylation sites is 2. The predicted molar refractivity (Wildman–Crippen MR) is 82.1 cm³/mol. The molecule has 0 bridgehead atoms. The SMILES string of the molecule is Cl.c1ccc2c(c1)CC(c1c[nH]c3ccccc13)N2. The van der Waals surface area contributed by atoms with Gasteiger partial charge in [0, 0.05) is 22.8 Å². The van der Waals surface area contributed by atoms with E-state index in [1.807, 2.05) is 0 Å². The summed E-state index contributed by atoms with van der Waals surface area (Å²) >= 11 is 0. The smallest absolute Gasteiger partial charge is 0.0576 e. The molecular formula is C16H15ClN2. The number of aromatic nitrogens is 1. The highest BCUT2D eigenvalue weighted by Crippen LogP contribution is 2.36. The Morgan fingerprint density at radius 3 is 2.63 bits per heavy atom. The van der Waals surface area contributed by atoms with E-state index in [2.05, 4.69) is 65.0 Å². The van der Waals surface area contributed by atoms with Crippen LogP contribution in [0.4, 0.5) is 5.69 Å². The van der Waals surface area contributed by atoms with Crippen molar-refractivity contribution >= 4 is 29.0 Å². The van der Waals surface area contributed by atoms with Crippen LogP contribution in [0.1, 0.15) is 17.2 Å². The van der Waals surface area contributed by atoms with Crippen LogP contribution >= 0.6 is 12.4 Å². The number of aromatic amines is 1. The number of benzene rings is 2. The molecule has 0 aliphatic carbocycles. The number of H-pyrrole nitrogens is 1. The normalized spacial score (nSPS) is 16.7. The van der Waals surface area contributed by atoms with E-state index in [0.29, 0.717) is 6.04 Å². The first kappa shape index (κ1) is 12.1. The van der Waals surface area contributed by atoms with Crippen molar-refractivity contribution in [1.82, 2.24) is 4.98 Å². The molecule has 0 fully saturated rings. The molecule has 1 atom stereocenters. The van der Waals surface area contributed by atoms with Crippen molar-refractivity contribution in [1.29, 1.82) is 0 Å². The number of halogens is 1. The van der Waals surface area contributed by atoms with Crippen LogP contribution in [-0.4, -0.2) is 4.98 Å². The van der Waals surface area contributed by atoms with Crippen LogP contribution in [-0.2, 0) is 6.42 Å². The second-order valence-corrected chi connectivity index (χ2v) is 4.85. The summed E-state index contributed by atoms with van der Waals surface area (Å²) in [7, 11) is 0. The molecule has 96 valence electrons. The number of nitrogens with one attached hydrogen (secondary N) is 2. The fourth-order valence-corrected chi connectivity index (χ4v) is 2.87. The molecule has 2 nitrogen and oxygen atoms in total. The third-order valence-electron chi connectivity index (χ3n) is 3.77. The number of anilines is 1. The fourth-order valence-electron chi connectivity index (χ4n) is 2.87. The van der Waals surface area contributed by atoms with Crippen LogP contribution in [0.2, 0.25) is 0 Å². The largest absolute Gasteiger partial charge is 0.378 e. The molecule has 3 aromatic rings. The van der Waals surface area contributed by atoms with E-state index >= 15 is 0 Å². The Bertz CT molecular complexity index is 692. The number of hydrogen-bond donors (Lipinski definition) is 2. The second kappa shape index (κ2) is 4.63. The number of hydrogen-bond acceptors (Lipinski definition) is 1. The molecule has 19 heavy (non-hydrogen) atoms. The van der Waals surface area contributed by atoms with Gasteiger partial charge < -0.3 is 10.3 Å². The molecule has 2 aromatic carbocycles. The van der Waals surface area contributed by atoms with Gasteiger partial charge in [0.05, 0.1) is 6.04 Å². The van der Waals surface area contributed by atoms with Crippen LogP contribution in [0, 0.1) is 0 Å². The van der Waals surface area contributed by atoms with Gasteiger partial charge in [0.15, 0.2) is 0 Å². The average molecular weight is 271 g/mol. The van der Waals surface area contributed by atoms with Crippen LogP contribution in [0.3, 0.4) is 0 Å². The molecule has 1 aromatic heterocycles. The highest BCUT2D eigenvalue weighted by atomic mass is 35.5. The minimum Gasteiger partial charge on any atom is -0.378 e. The van der Waals surface area contributed by atoms with Crippen molar-refractivity contribution in [3.63, 3.8) is 0 Å². The Labute approximate surface area is 118 Å². The molecule has 4 rings (SSSR count). The standard InChI is InChI=1S/C16H14N2.ClH/c1-3-7-14-11(5-1)9-16(18-14)13-10-17-15-8-4-2-6-12(13)15;/h1-8,10,16-18H,9H2;1H. The first-order valence-corrected chi connectivity index (χ1v) is 6.32. The van der Waals surface area contributed by atoms with E-state index < -0.39 is 0 Å². The molecular weight excluding hydrogens is 256 g/mol. The van der Waals surface area contributed by atoms with Crippen molar-refractivity contribution in [3.8, 4) is 0 Å². The lowest BCUT2D eigenvalue weighted by atomic mass is 10.0. The molecule has 1 aliphatic rings. The van der Waals surface area contributed by atoms with Gasteiger partial charge in [-0.1, -0.05) is 36.4 Å². The third kappa shape index (κ3) is 1.89. The molecule has 1 aliphatic heterocycles. The van der Waals surface area contributed by atoms with E-state index in [1.54, 1.807) is 0 Å². The number of fused-ring (bicyclic) bond motifs is 2. The lowest BCUT2D eigenvalue weighted by Gasteiger charge is -2.10. The van der Waals surface area contributed by atoms with Crippen LogP contribution in [0.25, 0.3) is 10.9 Å². The van der Waals surface area contributed by atoms with Gasteiger partial charge in [-0.2, -0.15) is 0 Å². The Hall–Kier alpha value is -1.93. The van der Waals surface area contributed by atoms with Gasteiger partial charge in [0.1, 0.15) is 0 Å². The van der Waals surface area contributed by atoms with E-state index in [4.69, 9.17) is 0 Å². The Morgan fingerprint density at radius 2 is 1.74 bits per heavy atom. The molecule has 3 heteroatoms. The maximum atomic E-state index is 3.61. The number of rotatable bonds is 1. The molecule has 0 radical (unpaired) electrons. The zero-order chi connectivity index (χ0) is 11.9. The molecule has 0 amide bonds. The van der Waals surface area contributed by atoms with Crippen LogP contribution in [0.15, 0.2) is 54.7 Å². The molecule has 1 unspecified atom stereocenters. The summed E-state index contributed by atoms with van der Waals surface area (Å²) < 4.78 is 0. The van der Waals surface area contributed by atoms with Crippen LogP contribution in [0.5, 0.6) is 0 Å². The summed E-state index contributed by atoms with van der Waals surface area (Å²) in [5.41, 5.74) is 5.26. The quantitative estimate of drug-likeness (QED) is 0.678. The van der Waals surface area contributed by atoms with Gasteiger partial charge >= 0.3 is 0 Å². The second-order valence-electron chi connectivity index (χ2n) is 4.85. The van der Waals surface area contributed by atoms with Gasteiger partial charge in [-0.25, -0.2) is 0 Å². The minimum atomic E-state index is 0. The van der Waals surface area contributed by atoms with E-state index in [1.165, 1.54) is 27.7 Å². The van der Waals surface area contributed by atoms with E-state index in [-0.39, 0.29) is 12.4 Å². The minimum absolute atomic E-state index is 0. The molecule has 0 saturated heterocycles. The Balaban J connectivity index is 0.00000110. The maximum Gasteiger partial charge on any atom is 0.0576 e. The van der Waals surface area contributed by atoms with Crippen molar-refractivity contribution in [2.75, 3.05) is 5.32 Å². The summed E-state index contributed by atoms with van der Waals surface area (Å²) in [4.78, 5) is 3.35. The van der Waals surface area contributed by atoms with Crippen molar-refractivity contribution in [2.24, 2.45) is 0 Å². The van der Waals surface area contributed by atoms with E-state index in [0.717, 1.165) is 6.42 Å². The van der Waals surface area contributed by atoms with Gasteiger partial charge in [-0.15, -0.1) is 12.4 Å².